The summed E-state index contributed by atoms with van der Waals surface area (Å²) in [5, 5.41) is 18.6. The first-order valence-electron chi connectivity index (χ1n) is 11.4. The standard InChI is InChI=1S/C20H23N3O2S.2C2HF3O2/c1-16-5-2-3-8-20(16)26(24,25)23-12-9-18-17(6-4-7-19(18)23)15-22-13-10-21-11-14-22;2*3-2(4,5)1(6)7/h2-9,12,21H,10-11,13-15H2,1H3;2*(H,6,7). The van der Waals surface area contributed by atoms with E-state index in [-0.39, 0.29) is 0 Å². The molecule has 3 aromatic rings. The van der Waals surface area contributed by atoms with Crippen molar-refractivity contribution in [2.45, 2.75) is 30.7 Å². The summed E-state index contributed by atoms with van der Waals surface area (Å²) < 4.78 is 91.2. The van der Waals surface area contributed by atoms with Crippen LogP contribution in [-0.2, 0) is 26.2 Å². The van der Waals surface area contributed by atoms with E-state index in [4.69, 9.17) is 19.8 Å². The van der Waals surface area contributed by atoms with Crippen LogP contribution in [0.1, 0.15) is 11.1 Å². The van der Waals surface area contributed by atoms with E-state index in [2.05, 4.69) is 16.3 Å². The Morgan fingerprint density at radius 1 is 0.875 bits per heavy atom. The van der Waals surface area contributed by atoms with E-state index in [0.29, 0.717) is 4.90 Å². The van der Waals surface area contributed by atoms with Crippen LogP contribution < -0.4 is 5.32 Å². The molecule has 0 atom stereocenters. The molecule has 0 radical (unpaired) electrons. The zero-order valence-electron chi connectivity index (χ0n) is 20.8. The van der Waals surface area contributed by atoms with Gasteiger partial charge in [-0.15, -0.1) is 0 Å². The summed E-state index contributed by atoms with van der Waals surface area (Å²) in [5.74, 6) is -5.51. The topological polar surface area (TPSA) is 129 Å². The van der Waals surface area contributed by atoms with Crippen molar-refractivity contribution >= 4 is 32.9 Å². The first-order chi connectivity index (χ1) is 18.5. The molecule has 0 amide bonds. The maximum Gasteiger partial charge on any atom is 0.490 e. The maximum atomic E-state index is 13.2. The number of carboxylic acid groups (broad SMARTS) is 2. The largest absolute Gasteiger partial charge is 0.490 e. The first-order valence-corrected chi connectivity index (χ1v) is 12.8. The Hall–Kier alpha value is -3.63. The molecule has 3 N–H and O–H groups in total. The monoisotopic (exact) mass is 597 g/mol. The third-order valence-electron chi connectivity index (χ3n) is 5.51. The SMILES string of the molecule is Cc1ccccc1S(=O)(=O)n1ccc2c(CN3CCNCC3)cccc21.O=C(O)C(F)(F)F.O=C(O)C(F)(F)F. The molecule has 1 fully saturated rings. The quantitative estimate of drug-likeness (QED) is 0.387. The van der Waals surface area contributed by atoms with Crippen LogP contribution in [0.2, 0.25) is 0 Å². The summed E-state index contributed by atoms with van der Waals surface area (Å²) >= 11 is 0. The molecule has 1 saturated heterocycles. The molecule has 2 heterocycles. The van der Waals surface area contributed by atoms with Crippen molar-refractivity contribution in [3.63, 3.8) is 0 Å². The first kappa shape index (κ1) is 32.6. The Kier molecular flexibility index (Phi) is 10.7. The normalized spacial score (nSPS) is 14.5. The van der Waals surface area contributed by atoms with Gasteiger partial charge in [-0.3, -0.25) is 4.90 Å². The molecule has 0 unspecified atom stereocenters. The summed E-state index contributed by atoms with van der Waals surface area (Å²) in [5.41, 5.74) is 2.66. The van der Waals surface area contributed by atoms with Crippen LogP contribution in [-0.4, -0.2) is 78.0 Å². The lowest BCUT2D eigenvalue weighted by atomic mass is 10.1. The fraction of sp³-hybridized carbons (Fsp3) is 0.333. The molecule has 0 bridgehead atoms. The van der Waals surface area contributed by atoms with Crippen molar-refractivity contribution in [3.05, 3.63) is 65.9 Å². The van der Waals surface area contributed by atoms with Gasteiger partial charge in [0.25, 0.3) is 10.0 Å². The third kappa shape index (κ3) is 8.69. The van der Waals surface area contributed by atoms with Gasteiger partial charge in [0.15, 0.2) is 0 Å². The van der Waals surface area contributed by atoms with E-state index in [1.807, 2.05) is 37.3 Å². The molecule has 4 rings (SSSR count). The number of aromatic nitrogens is 1. The molecule has 1 aliphatic heterocycles. The highest BCUT2D eigenvalue weighted by Gasteiger charge is 2.38. The summed E-state index contributed by atoms with van der Waals surface area (Å²) in [6, 6.07) is 15.0. The van der Waals surface area contributed by atoms with Crippen molar-refractivity contribution in [1.82, 2.24) is 14.2 Å². The zero-order valence-corrected chi connectivity index (χ0v) is 21.6. The van der Waals surface area contributed by atoms with Crippen molar-refractivity contribution in [2.75, 3.05) is 26.2 Å². The number of nitrogens with zero attached hydrogens (tertiary/aromatic N) is 2. The van der Waals surface area contributed by atoms with Gasteiger partial charge in [-0.1, -0.05) is 30.3 Å². The molecular weight excluding hydrogens is 572 g/mol. The number of halogens is 6. The van der Waals surface area contributed by atoms with E-state index in [1.165, 1.54) is 9.54 Å². The lowest BCUT2D eigenvalue weighted by Gasteiger charge is -2.27. The molecule has 1 aliphatic rings. The second-order valence-electron chi connectivity index (χ2n) is 8.36. The Bertz CT molecular complexity index is 1410. The van der Waals surface area contributed by atoms with Crippen molar-refractivity contribution in [3.8, 4) is 0 Å². The van der Waals surface area contributed by atoms with Gasteiger partial charge >= 0.3 is 24.3 Å². The van der Waals surface area contributed by atoms with Crippen LogP contribution in [0.4, 0.5) is 26.3 Å². The predicted octanol–water partition coefficient (Wildman–Crippen LogP) is 3.86. The number of hydrogen-bond donors (Lipinski definition) is 3. The van der Waals surface area contributed by atoms with Crippen LogP contribution in [0.3, 0.4) is 0 Å². The molecule has 16 heteroatoms. The molecule has 9 nitrogen and oxygen atoms in total. The van der Waals surface area contributed by atoms with Gasteiger partial charge in [0.05, 0.1) is 10.4 Å². The average molecular weight is 598 g/mol. The van der Waals surface area contributed by atoms with E-state index in [9.17, 15) is 34.8 Å². The molecule has 40 heavy (non-hydrogen) atoms. The number of hydrogen-bond acceptors (Lipinski definition) is 6. The summed E-state index contributed by atoms with van der Waals surface area (Å²) in [7, 11) is -3.61. The highest BCUT2D eigenvalue weighted by atomic mass is 32.2. The van der Waals surface area contributed by atoms with Crippen LogP contribution in [0.15, 0.2) is 59.6 Å². The smallest absolute Gasteiger partial charge is 0.475 e. The highest BCUT2D eigenvalue weighted by molar-refractivity contribution is 7.90. The minimum absolute atomic E-state index is 0.352. The van der Waals surface area contributed by atoms with Crippen LogP contribution in [0, 0.1) is 6.92 Å². The minimum Gasteiger partial charge on any atom is -0.475 e. The minimum atomic E-state index is -5.08. The fourth-order valence-corrected chi connectivity index (χ4v) is 5.19. The average Bonchev–Trinajstić information content (AvgIpc) is 3.31. The summed E-state index contributed by atoms with van der Waals surface area (Å²) in [6.45, 7) is 6.69. The lowest BCUT2D eigenvalue weighted by molar-refractivity contribution is -0.193. The Balaban J connectivity index is 0.000000333. The summed E-state index contributed by atoms with van der Waals surface area (Å²) in [4.78, 5) is 20.5. The number of benzene rings is 2. The number of rotatable bonds is 4. The third-order valence-corrected chi connectivity index (χ3v) is 7.36. The number of alkyl halides is 6. The zero-order chi connectivity index (χ0) is 30.3. The number of nitrogens with one attached hydrogen (secondary N) is 1. The Morgan fingerprint density at radius 2 is 1.40 bits per heavy atom. The molecule has 0 spiro atoms. The van der Waals surface area contributed by atoms with Gasteiger partial charge in [-0.05, 0) is 36.2 Å². The molecule has 220 valence electrons. The van der Waals surface area contributed by atoms with E-state index in [1.54, 1.807) is 18.3 Å². The Labute approximate surface area is 224 Å². The van der Waals surface area contributed by atoms with Gasteiger partial charge in [-0.25, -0.2) is 22.0 Å². The van der Waals surface area contributed by atoms with Crippen LogP contribution in [0.5, 0.6) is 0 Å². The maximum absolute atomic E-state index is 13.2. The fourth-order valence-electron chi connectivity index (χ4n) is 3.62. The number of carbonyl (C=O) groups is 2. The summed E-state index contributed by atoms with van der Waals surface area (Å²) in [6.07, 6.45) is -8.49. The predicted molar refractivity (Wildman–Crippen MR) is 131 cm³/mol. The number of fused-ring (bicyclic) bond motifs is 1. The number of aliphatic carboxylic acids is 2. The number of piperazine rings is 1. The highest BCUT2D eigenvalue weighted by Crippen LogP contribution is 2.27. The number of carboxylic acids is 2. The van der Waals surface area contributed by atoms with Gasteiger partial charge in [-0.2, -0.15) is 26.3 Å². The van der Waals surface area contributed by atoms with Crippen molar-refractivity contribution in [2.24, 2.45) is 0 Å². The van der Waals surface area contributed by atoms with Gasteiger partial charge in [0.2, 0.25) is 0 Å². The number of aryl methyl sites for hydroxylation is 1. The van der Waals surface area contributed by atoms with Gasteiger partial charge < -0.3 is 15.5 Å². The van der Waals surface area contributed by atoms with E-state index >= 15 is 0 Å². The second kappa shape index (κ2) is 13.1. The van der Waals surface area contributed by atoms with Crippen molar-refractivity contribution < 1.29 is 54.6 Å². The lowest BCUT2D eigenvalue weighted by Crippen LogP contribution is -2.42. The van der Waals surface area contributed by atoms with E-state index < -0.39 is 34.3 Å². The molecule has 0 saturated carbocycles. The van der Waals surface area contributed by atoms with Gasteiger partial charge in [0.1, 0.15) is 0 Å². The Morgan fingerprint density at radius 3 is 1.90 bits per heavy atom. The second-order valence-corrected chi connectivity index (χ2v) is 10.1. The molecule has 1 aromatic heterocycles. The molecule has 2 aromatic carbocycles. The van der Waals surface area contributed by atoms with Crippen molar-refractivity contribution in [1.29, 1.82) is 0 Å². The van der Waals surface area contributed by atoms with Gasteiger partial charge in [0, 0.05) is 44.3 Å². The molecular formula is C24H25F6N3O6S. The molecule has 0 aliphatic carbocycles. The van der Waals surface area contributed by atoms with Crippen LogP contribution in [0.25, 0.3) is 10.9 Å². The van der Waals surface area contributed by atoms with E-state index in [0.717, 1.165) is 49.2 Å². The van der Waals surface area contributed by atoms with Crippen LogP contribution >= 0.6 is 0 Å².